The third-order valence-electron chi connectivity index (χ3n) is 2.82. The van der Waals surface area contributed by atoms with Gasteiger partial charge in [-0.05, 0) is 19.9 Å². The summed E-state index contributed by atoms with van der Waals surface area (Å²) in [7, 11) is 0. The van der Waals surface area contributed by atoms with Gasteiger partial charge >= 0.3 is 5.97 Å². The van der Waals surface area contributed by atoms with Crippen LogP contribution in [0.15, 0.2) is 18.5 Å². The zero-order chi connectivity index (χ0) is 14.7. The van der Waals surface area contributed by atoms with Crippen molar-refractivity contribution in [1.29, 1.82) is 0 Å². The quantitative estimate of drug-likeness (QED) is 0.839. The van der Waals surface area contributed by atoms with Crippen molar-refractivity contribution >= 4 is 17.6 Å². The van der Waals surface area contributed by atoms with E-state index in [0.29, 0.717) is 5.69 Å². The molecule has 0 bridgehead atoms. The second-order valence-electron chi connectivity index (χ2n) is 4.21. The fourth-order valence-electron chi connectivity index (χ4n) is 1.78. The molecule has 0 aromatic carbocycles. The van der Waals surface area contributed by atoms with Gasteiger partial charge in [-0.25, -0.2) is 0 Å². The lowest BCUT2D eigenvalue weighted by Crippen LogP contribution is -2.15. The summed E-state index contributed by atoms with van der Waals surface area (Å²) in [6.45, 7) is 4.25. The van der Waals surface area contributed by atoms with Crippen LogP contribution >= 0.6 is 0 Å². The van der Waals surface area contributed by atoms with E-state index in [4.69, 9.17) is 5.11 Å². The number of amides is 1. The number of carboxylic acid groups (broad SMARTS) is 1. The van der Waals surface area contributed by atoms with Gasteiger partial charge in [0.25, 0.3) is 5.91 Å². The number of rotatable bonds is 5. The molecule has 1 amide bonds. The molecule has 106 valence electrons. The van der Waals surface area contributed by atoms with E-state index in [0.717, 1.165) is 12.2 Å². The first-order valence-corrected chi connectivity index (χ1v) is 6.10. The number of aromatic nitrogens is 4. The van der Waals surface area contributed by atoms with Crippen molar-refractivity contribution in [1.82, 2.24) is 19.6 Å². The minimum Gasteiger partial charge on any atom is -0.480 e. The van der Waals surface area contributed by atoms with E-state index in [9.17, 15) is 9.59 Å². The van der Waals surface area contributed by atoms with Gasteiger partial charge < -0.3 is 10.4 Å². The molecule has 2 aromatic rings. The molecule has 0 aliphatic heterocycles. The molecule has 0 aliphatic rings. The molecule has 0 fully saturated rings. The zero-order valence-corrected chi connectivity index (χ0v) is 11.2. The number of nitrogens with one attached hydrogen (secondary N) is 1. The van der Waals surface area contributed by atoms with Crippen LogP contribution in [0.5, 0.6) is 0 Å². The van der Waals surface area contributed by atoms with Gasteiger partial charge in [0, 0.05) is 12.7 Å². The Morgan fingerprint density at radius 1 is 1.45 bits per heavy atom. The highest BCUT2D eigenvalue weighted by Gasteiger charge is 2.13. The molecular formula is C12H15N5O3. The van der Waals surface area contributed by atoms with Crippen molar-refractivity contribution in [3.63, 3.8) is 0 Å². The monoisotopic (exact) mass is 277 g/mol. The predicted octanol–water partition coefficient (Wildman–Crippen LogP) is 0.745. The topological polar surface area (TPSA) is 102 Å². The van der Waals surface area contributed by atoms with Crippen molar-refractivity contribution in [2.45, 2.75) is 26.9 Å². The average molecular weight is 277 g/mol. The average Bonchev–Trinajstić information content (AvgIpc) is 2.97. The molecule has 0 atom stereocenters. The minimum absolute atomic E-state index is 0.162. The predicted molar refractivity (Wildman–Crippen MR) is 70.5 cm³/mol. The second-order valence-corrected chi connectivity index (χ2v) is 4.21. The van der Waals surface area contributed by atoms with E-state index < -0.39 is 11.9 Å². The maximum absolute atomic E-state index is 12.0. The van der Waals surface area contributed by atoms with Crippen LogP contribution in [0.25, 0.3) is 0 Å². The molecule has 2 heterocycles. The van der Waals surface area contributed by atoms with E-state index >= 15 is 0 Å². The maximum atomic E-state index is 12.0. The smallest absolute Gasteiger partial charge is 0.325 e. The lowest BCUT2D eigenvalue weighted by Gasteiger charge is -2.03. The molecule has 8 nitrogen and oxygen atoms in total. The molecule has 0 unspecified atom stereocenters. The summed E-state index contributed by atoms with van der Waals surface area (Å²) in [6.07, 6.45) is 3.02. The zero-order valence-electron chi connectivity index (χ0n) is 11.2. The molecule has 0 aliphatic carbocycles. The van der Waals surface area contributed by atoms with Gasteiger partial charge in [-0.1, -0.05) is 0 Å². The van der Waals surface area contributed by atoms with Gasteiger partial charge in [-0.3, -0.25) is 19.0 Å². The summed E-state index contributed by atoms with van der Waals surface area (Å²) in [5.41, 5.74) is 1.63. The molecule has 0 radical (unpaired) electrons. The lowest BCUT2D eigenvalue weighted by atomic mass is 10.3. The normalized spacial score (nSPS) is 10.5. The number of hydrogen-bond donors (Lipinski definition) is 2. The minimum atomic E-state index is -1.01. The summed E-state index contributed by atoms with van der Waals surface area (Å²) in [5, 5.41) is 19.4. The first-order chi connectivity index (χ1) is 9.51. The highest BCUT2D eigenvalue weighted by molar-refractivity contribution is 6.03. The van der Waals surface area contributed by atoms with E-state index in [-0.39, 0.29) is 12.2 Å². The van der Waals surface area contributed by atoms with E-state index in [1.165, 1.54) is 16.9 Å². The fourth-order valence-corrected chi connectivity index (χ4v) is 1.78. The highest BCUT2D eigenvalue weighted by Crippen LogP contribution is 2.14. The first-order valence-electron chi connectivity index (χ1n) is 6.10. The van der Waals surface area contributed by atoms with Crippen LogP contribution in [-0.4, -0.2) is 36.5 Å². The molecule has 0 saturated carbocycles. The van der Waals surface area contributed by atoms with E-state index in [2.05, 4.69) is 15.5 Å². The van der Waals surface area contributed by atoms with Crippen LogP contribution in [-0.2, 0) is 17.9 Å². The van der Waals surface area contributed by atoms with Crippen molar-refractivity contribution in [3.05, 3.63) is 29.8 Å². The largest absolute Gasteiger partial charge is 0.480 e. The molecule has 0 saturated heterocycles. The maximum Gasteiger partial charge on any atom is 0.325 e. The second kappa shape index (κ2) is 5.55. The van der Waals surface area contributed by atoms with Gasteiger partial charge in [0.05, 0.1) is 17.6 Å². The molecule has 8 heteroatoms. The summed E-state index contributed by atoms with van der Waals surface area (Å²) in [6, 6.07) is 1.47. The summed E-state index contributed by atoms with van der Waals surface area (Å²) >= 11 is 0. The Kier molecular flexibility index (Phi) is 3.83. The van der Waals surface area contributed by atoms with Crippen LogP contribution in [0.2, 0.25) is 0 Å². The molecule has 2 rings (SSSR count). The van der Waals surface area contributed by atoms with Gasteiger partial charge in [-0.2, -0.15) is 10.2 Å². The van der Waals surface area contributed by atoms with E-state index in [1.807, 2.05) is 13.8 Å². The standard InChI is InChI=1S/C12H15N5O3/c1-3-17-8(2)10(6-13-17)14-12(20)9-4-5-16(15-9)7-11(18)19/h4-6H,3,7H2,1-2H3,(H,14,20)(H,18,19). The third kappa shape index (κ3) is 2.85. The highest BCUT2D eigenvalue weighted by atomic mass is 16.4. The number of anilines is 1. The van der Waals surface area contributed by atoms with Crippen molar-refractivity contribution < 1.29 is 14.7 Å². The van der Waals surface area contributed by atoms with Gasteiger partial charge in [0.1, 0.15) is 6.54 Å². The molecule has 20 heavy (non-hydrogen) atoms. The lowest BCUT2D eigenvalue weighted by molar-refractivity contribution is -0.137. The molecule has 0 spiro atoms. The van der Waals surface area contributed by atoms with Crippen molar-refractivity contribution in [2.24, 2.45) is 0 Å². The van der Waals surface area contributed by atoms with Gasteiger partial charge in [0.15, 0.2) is 5.69 Å². The summed E-state index contributed by atoms with van der Waals surface area (Å²) < 4.78 is 2.96. The number of carboxylic acids is 1. The van der Waals surface area contributed by atoms with E-state index in [1.54, 1.807) is 10.9 Å². The first kappa shape index (κ1) is 13.8. The van der Waals surface area contributed by atoms with Crippen molar-refractivity contribution in [3.8, 4) is 0 Å². The Bertz CT molecular complexity index is 643. The molecular weight excluding hydrogens is 262 g/mol. The Hall–Kier alpha value is -2.64. The Morgan fingerprint density at radius 3 is 2.80 bits per heavy atom. The Morgan fingerprint density at radius 2 is 2.20 bits per heavy atom. The number of carbonyl (C=O) groups excluding carboxylic acids is 1. The van der Waals surface area contributed by atoms with Crippen LogP contribution in [0.1, 0.15) is 23.1 Å². The number of aryl methyl sites for hydroxylation is 1. The number of nitrogens with zero attached hydrogens (tertiary/aromatic N) is 4. The Labute approximate surface area is 115 Å². The van der Waals surface area contributed by atoms with Crippen LogP contribution in [0.4, 0.5) is 5.69 Å². The van der Waals surface area contributed by atoms with Gasteiger partial charge in [0.2, 0.25) is 0 Å². The van der Waals surface area contributed by atoms with Crippen LogP contribution in [0.3, 0.4) is 0 Å². The van der Waals surface area contributed by atoms with Crippen molar-refractivity contribution in [2.75, 3.05) is 5.32 Å². The fraction of sp³-hybridized carbons (Fsp3) is 0.333. The number of hydrogen-bond acceptors (Lipinski definition) is 4. The molecule has 2 N–H and O–H groups in total. The summed E-state index contributed by atoms with van der Waals surface area (Å²) in [4.78, 5) is 22.5. The summed E-state index contributed by atoms with van der Waals surface area (Å²) in [5.74, 6) is -1.41. The SMILES string of the molecule is CCn1ncc(NC(=O)c2ccn(CC(=O)O)n2)c1C. The Balaban J connectivity index is 2.09. The van der Waals surface area contributed by atoms with Crippen LogP contribution in [0, 0.1) is 6.92 Å². The number of aliphatic carboxylic acids is 1. The van der Waals surface area contributed by atoms with Gasteiger partial charge in [-0.15, -0.1) is 0 Å². The number of carbonyl (C=O) groups is 2. The third-order valence-corrected chi connectivity index (χ3v) is 2.82. The van der Waals surface area contributed by atoms with Crippen LogP contribution < -0.4 is 5.32 Å². The molecule has 2 aromatic heterocycles.